The summed E-state index contributed by atoms with van der Waals surface area (Å²) in [5.74, 6) is -0.214. The first kappa shape index (κ1) is 14.8. The normalized spacial score (nSPS) is 15.3. The number of nitrogens with one attached hydrogen (secondary N) is 2. The molecule has 1 saturated carbocycles. The molecule has 0 atom stereocenters. The highest BCUT2D eigenvalue weighted by molar-refractivity contribution is 9.10. The van der Waals surface area contributed by atoms with Gasteiger partial charge in [0.05, 0.1) is 13.7 Å². The molecule has 0 spiro atoms. The van der Waals surface area contributed by atoms with Gasteiger partial charge in [-0.25, -0.2) is 4.79 Å². The zero-order chi connectivity index (χ0) is 14.6. The van der Waals surface area contributed by atoms with Crippen LogP contribution in [0.5, 0.6) is 0 Å². The number of methoxy groups -OCH3 is 1. The van der Waals surface area contributed by atoms with Crippen LogP contribution in [0.4, 0.5) is 4.79 Å². The Labute approximate surface area is 126 Å². The molecule has 1 aliphatic rings. The Morgan fingerprint density at radius 3 is 2.60 bits per heavy atom. The molecule has 2 amide bonds. The Bertz CT molecular complexity index is 515. The third kappa shape index (κ3) is 3.50. The fourth-order valence-corrected chi connectivity index (χ4v) is 2.84. The minimum Gasteiger partial charge on any atom is -0.453 e. The minimum atomic E-state index is -0.605. The number of ether oxygens (including phenoxy) is 1. The van der Waals surface area contributed by atoms with Crippen molar-refractivity contribution in [3.8, 4) is 0 Å². The second-order valence-electron chi connectivity index (χ2n) is 4.88. The molecule has 0 aromatic heterocycles. The van der Waals surface area contributed by atoms with Gasteiger partial charge in [0.1, 0.15) is 0 Å². The van der Waals surface area contributed by atoms with E-state index in [1.807, 2.05) is 18.2 Å². The van der Waals surface area contributed by atoms with Crippen LogP contribution in [0.25, 0.3) is 0 Å². The van der Waals surface area contributed by atoms with E-state index in [0.717, 1.165) is 17.3 Å². The molecule has 0 heterocycles. The highest BCUT2D eigenvalue weighted by Gasteiger charge is 2.45. The fourth-order valence-electron chi connectivity index (χ4n) is 2.14. The molecule has 2 N–H and O–H groups in total. The van der Waals surface area contributed by atoms with Gasteiger partial charge in [-0.05, 0) is 24.5 Å². The highest BCUT2D eigenvalue weighted by Crippen LogP contribution is 2.49. The van der Waals surface area contributed by atoms with Gasteiger partial charge in [0.15, 0.2) is 0 Å². The Hall–Kier alpha value is -1.56. The molecule has 0 bridgehead atoms. The number of hydrogen-bond donors (Lipinski definition) is 2. The SMILES string of the molecule is COC(=O)NCC(=O)NCC1(c2ccccc2Br)CC1. The van der Waals surface area contributed by atoms with Crippen LogP contribution in [0.1, 0.15) is 18.4 Å². The Morgan fingerprint density at radius 1 is 1.30 bits per heavy atom. The van der Waals surface area contributed by atoms with Crippen LogP contribution >= 0.6 is 15.9 Å². The van der Waals surface area contributed by atoms with Crippen molar-refractivity contribution in [2.45, 2.75) is 18.3 Å². The highest BCUT2D eigenvalue weighted by atomic mass is 79.9. The summed E-state index contributed by atoms with van der Waals surface area (Å²) in [6, 6.07) is 8.06. The lowest BCUT2D eigenvalue weighted by Crippen LogP contribution is -2.40. The van der Waals surface area contributed by atoms with Gasteiger partial charge in [0.25, 0.3) is 0 Å². The van der Waals surface area contributed by atoms with E-state index in [1.54, 1.807) is 0 Å². The number of amides is 2. The maximum atomic E-state index is 11.7. The number of halogens is 1. The van der Waals surface area contributed by atoms with Crippen molar-refractivity contribution in [3.05, 3.63) is 34.3 Å². The van der Waals surface area contributed by atoms with Crippen LogP contribution < -0.4 is 10.6 Å². The molecule has 6 heteroatoms. The zero-order valence-electron chi connectivity index (χ0n) is 11.2. The Morgan fingerprint density at radius 2 is 2.00 bits per heavy atom. The molecule has 0 unspecified atom stereocenters. The van der Waals surface area contributed by atoms with Gasteiger partial charge in [-0.1, -0.05) is 34.1 Å². The molecule has 20 heavy (non-hydrogen) atoms. The monoisotopic (exact) mass is 340 g/mol. The number of carbonyl (C=O) groups is 2. The Kier molecular flexibility index (Phi) is 4.65. The van der Waals surface area contributed by atoms with Crippen LogP contribution in [0, 0.1) is 0 Å². The molecule has 1 fully saturated rings. The lowest BCUT2D eigenvalue weighted by atomic mass is 9.96. The summed E-state index contributed by atoms with van der Waals surface area (Å²) in [4.78, 5) is 22.5. The van der Waals surface area contributed by atoms with E-state index in [0.29, 0.717) is 6.54 Å². The third-order valence-electron chi connectivity index (χ3n) is 3.50. The summed E-state index contributed by atoms with van der Waals surface area (Å²) in [5.41, 5.74) is 1.25. The first-order valence-corrected chi connectivity index (χ1v) is 7.20. The summed E-state index contributed by atoms with van der Waals surface area (Å²) in [7, 11) is 1.26. The molecule has 0 radical (unpaired) electrons. The average molecular weight is 341 g/mol. The number of benzene rings is 1. The second-order valence-corrected chi connectivity index (χ2v) is 5.74. The summed E-state index contributed by atoms with van der Waals surface area (Å²) < 4.78 is 5.48. The first-order valence-electron chi connectivity index (χ1n) is 6.41. The van der Waals surface area contributed by atoms with E-state index < -0.39 is 6.09 Å². The fraction of sp³-hybridized carbons (Fsp3) is 0.429. The smallest absolute Gasteiger partial charge is 0.407 e. The van der Waals surface area contributed by atoms with Gasteiger partial charge in [0.2, 0.25) is 5.91 Å². The van der Waals surface area contributed by atoms with Gasteiger partial charge >= 0.3 is 6.09 Å². The van der Waals surface area contributed by atoms with Crippen LogP contribution in [-0.4, -0.2) is 32.2 Å². The second kappa shape index (κ2) is 6.26. The summed E-state index contributed by atoms with van der Waals surface area (Å²) in [6.07, 6.45) is 1.51. The lowest BCUT2D eigenvalue weighted by molar-refractivity contribution is -0.120. The van der Waals surface area contributed by atoms with E-state index in [1.165, 1.54) is 12.7 Å². The summed E-state index contributed by atoms with van der Waals surface area (Å²) in [6.45, 7) is 0.510. The quantitative estimate of drug-likeness (QED) is 0.860. The van der Waals surface area contributed by atoms with Crippen molar-refractivity contribution < 1.29 is 14.3 Å². The number of hydrogen-bond acceptors (Lipinski definition) is 3. The first-order chi connectivity index (χ1) is 9.57. The standard InChI is InChI=1S/C14H17BrN2O3/c1-20-13(19)16-8-12(18)17-9-14(6-7-14)10-4-2-3-5-11(10)15/h2-5H,6-9H2,1H3,(H,16,19)(H,17,18). The molecule has 108 valence electrons. The van der Waals surface area contributed by atoms with Gasteiger partial charge in [-0.2, -0.15) is 0 Å². The van der Waals surface area contributed by atoms with Gasteiger partial charge < -0.3 is 15.4 Å². The predicted molar refractivity (Wildman–Crippen MR) is 78.5 cm³/mol. The lowest BCUT2D eigenvalue weighted by Gasteiger charge is -2.18. The average Bonchev–Trinajstić information content (AvgIpc) is 3.24. The molecule has 1 aromatic rings. The van der Waals surface area contributed by atoms with Gasteiger partial charge in [-0.3, -0.25) is 4.79 Å². The topological polar surface area (TPSA) is 67.4 Å². The van der Waals surface area contributed by atoms with E-state index in [4.69, 9.17) is 0 Å². The van der Waals surface area contributed by atoms with Gasteiger partial charge in [-0.15, -0.1) is 0 Å². The molecule has 0 saturated heterocycles. The van der Waals surface area contributed by atoms with E-state index in [-0.39, 0.29) is 17.9 Å². The largest absolute Gasteiger partial charge is 0.453 e. The van der Waals surface area contributed by atoms with Crippen molar-refractivity contribution >= 4 is 27.9 Å². The molecule has 1 aliphatic carbocycles. The van der Waals surface area contributed by atoms with Crippen LogP contribution in [0.15, 0.2) is 28.7 Å². The van der Waals surface area contributed by atoms with Crippen LogP contribution in [0.3, 0.4) is 0 Å². The van der Waals surface area contributed by atoms with Crippen LogP contribution in [0.2, 0.25) is 0 Å². The van der Waals surface area contributed by atoms with E-state index in [2.05, 4.69) is 37.4 Å². The number of carbonyl (C=O) groups excluding carboxylic acids is 2. The van der Waals surface area contributed by atoms with Crippen molar-refractivity contribution in [2.24, 2.45) is 0 Å². The van der Waals surface area contributed by atoms with Crippen LogP contribution in [-0.2, 0) is 14.9 Å². The maximum absolute atomic E-state index is 11.7. The molecule has 1 aromatic carbocycles. The Balaban J connectivity index is 1.86. The van der Waals surface area contributed by atoms with Crippen molar-refractivity contribution in [1.82, 2.24) is 10.6 Å². The molecule has 5 nitrogen and oxygen atoms in total. The third-order valence-corrected chi connectivity index (χ3v) is 4.19. The predicted octanol–water partition coefficient (Wildman–Crippen LogP) is 1.95. The maximum Gasteiger partial charge on any atom is 0.407 e. The minimum absolute atomic E-state index is 0.0288. The number of rotatable bonds is 5. The number of alkyl carbamates (subject to hydrolysis) is 1. The molecular weight excluding hydrogens is 324 g/mol. The summed E-state index contributed by atoms with van der Waals surface area (Å²) in [5, 5.41) is 5.22. The van der Waals surface area contributed by atoms with E-state index in [9.17, 15) is 9.59 Å². The van der Waals surface area contributed by atoms with Crippen molar-refractivity contribution in [2.75, 3.05) is 20.2 Å². The molecule has 2 rings (SSSR count). The van der Waals surface area contributed by atoms with Crippen molar-refractivity contribution in [1.29, 1.82) is 0 Å². The summed E-state index contributed by atoms with van der Waals surface area (Å²) >= 11 is 3.55. The zero-order valence-corrected chi connectivity index (χ0v) is 12.8. The molecule has 0 aliphatic heterocycles. The molecular formula is C14H17BrN2O3. The van der Waals surface area contributed by atoms with Crippen molar-refractivity contribution in [3.63, 3.8) is 0 Å². The van der Waals surface area contributed by atoms with E-state index >= 15 is 0 Å². The van der Waals surface area contributed by atoms with Gasteiger partial charge in [0, 0.05) is 16.4 Å².